The van der Waals surface area contributed by atoms with E-state index in [1.165, 1.54) is 38.5 Å². The summed E-state index contributed by atoms with van der Waals surface area (Å²) in [5, 5.41) is 6.06. The van der Waals surface area contributed by atoms with Gasteiger partial charge in [0.15, 0.2) is 0 Å². The molecule has 0 unspecified atom stereocenters. The Morgan fingerprint density at radius 2 is 1.58 bits per heavy atom. The molecule has 0 aromatic heterocycles. The van der Waals surface area contributed by atoms with Crippen molar-refractivity contribution in [2.24, 2.45) is 5.73 Å². The Balaban J connectivity index is 0. The molecule has 0 aliphatic carbocycles. The van der Waals surface area contributed by atoms with Crippen LogP contribution in [0.5, 0.6) is 0 Å². The molecule has 5 heteroatoms. The molecule has 0 radical (unpaired) electrons. The molecule has 19 heavy (non-hydrogen) atoms. The highest BCUT2D eigenvalue weighted by molar-refractivity contribution is 5.85. The van der Waals surface area contributed by atoms with Crippen LogP contribution in [0, 0.1) is 0 Å². The van der Waals surface area contributed by atoms with Crippen molar-refractivity contribution in [3.63, 3.8) is 0 Å². The van der Waals surface area contributed by atoms with Gasteiger partial charge in [-0.3, -0.25) is 4.79 Å². The van der Waals surface area contributed by atoms with E-state index in [1.54, 1.807) is 0 Å². The highest BCUT2D eigenvalue weighted by atomic mass is 35.5. The first-order chi connectivity index (χ1) is 8.81. The number of rotatable bonds is 13. The lowest BCUT2D eigenvalue weighted by Crippen LogP contribution is -2.33. The van der Waals surface area contributed by atoms with E-state index in [0.29, 0.717) is 19.5 Å². The molecular weight excluding hydrogens is 262 g/mol. The number of nitrogens with one attached hydrogen (secondary N) is 2. The third kappa shape index (κ3) is 17.7. The van der Waals surface area contributed by atoms with Crippen molar-refractivity contribution in [3.8, 4) is 0 Å². The standard InChI is InChI=1S/C14H31N3O.ClH/c1-2-3-4-5-6-7-8-9-14(18)17-13-12-16-11-10-15;/h16H,2-13,15H2,1H3,(H,17,18);1H. The molecular formula is C14H32ClN3O. The minimum Gasteiger partial charge on any atom is -0.355 e. The highest BCUT2D eigenvalue weighted by Crippen LogP contribution is 2.08. The van der Waals surface area contributed by atoms with Gasteiger partial charge in [0.1, 0.15) is 0 Å². The first-order valence-electron chi connectivity index (χ1n) is 7.48. The Labute approximate surface area is 124 Å². The summed E-state index contributed by atoms with van der Waals surface area (Å²) in [6.07, 6.45) is 9.44. The first-order valence-corrected chi connectivity index (χ1v) is 7.48. The van der Waals surface area contributed by atoms with Crippen LogP contribution in [-0.2, 0) is 4.79 Å². The van der Waals surface area contributed by atoms with Crippen LogP contribution < -0.4 is 16.4 Å². The zero-order valence-electron chi connectivity index (χ0n) is 12.4. The van der Waals surface area contributed by atoms with Gasteiger partial charge in [-0.1, -0.05) is 45.4 Å². The molecule has 4 nitrogen and oxygen atoms in total. The van der Waals surface area contributed by atoms with E-state index >= 15 is 0 Å². The number of unbranched alkanes of at least 4 members (excludes halogenated alkanes) is 6. The Kier molecular flexibility index (Phi) is 19.5. The lowest BCUT2D eigenvalue weighted by molar-refractivity contribution is -0.121. The number of carbonyl (C=O) groups excluding carboxylic acids is 1. The van der Waals surface area contributed by atoms with E-state index in [9.17, 15) is 4.79 Å². The Bertz CT molecular complexity index is 192. The predicted molar refractivity (Wildman–Crippen MR) is 84.8 cm³/mol. The molecule has 0 saturated heterocycles. The summed E-state index contributed by atoms with van der Waals surface area (Å²) in [5.41, 5.74) is 5.35. The fourth-order valence-electron chi connectivity index (χ4n) is 1.85. The number of hydrogen-bond acceptors (Lipinski definition) is 3. The van der Waals surface area contributed by atoms with Crippen molar-refractivity contribution in [1.29, 1.82) is 0 Å². The second-order valence-corrected chi connectivity index (χ2v) is 4.76. The molecule has 4 N–H and O–H groups in total. The van der Waals surface area contributed by atoms with Gasteiger partial charge >= 0.3 is 0 Å². The maximum atomic E-state index is 11.4. The van der Waals surface area contributed by atoms with Crippen molar-refractivity contribution in [3.05, 3.63) is 0 Å². The molecule has 1 amide bonds. The van der Waals surface area contributed by atoms with Gasteiger partial charge in [0, 0.05) is 32.6 Å². The number of halogens is 1. The monoisotopic (exact) mass is 293 g/mol. The number of carbonyl (C=O) groups is 1. The molecule has 0 aliphatic heterocycles. The van der Waals surface area contributed by atoms with Crippen molar-refractivity contribution < 1.29 is 4.79 Å². The van der Waals surface area contributed by atoms with Gasteiger partial charge in [0.05, 0.1) is 0 Å². The molecule has 0 bridgehead atoms. The number of nitrogens with two attached hydrogens (primary N) is 1. The van der Waals surface area contributed by atoms with Crippen LogP contribution in [0.4, 0.5) is 0 Å². The molecule has 0 saturated carbocycles. The van der Waals surface area contributed by atoms with Crippen molar-refractivity contribution in [1.82, 2.24) is 10.6 Å². The van der Waals surface area contributed by atoms with E-state index in [4.69, 9.17) is 5.73 Å². The minimum absolute atomic E-state index is 0. The Hall–Kier alpha value is -0.320. The average molecular weight is 294 g/mol. The van der Waals surface area contributed by atoms with Gasteiger partial charge in [-0.2, -0.15) is 0 Å². The zero-order valence-corrected chi connectivity index (χ0v) is 13.2. The maximum Gasteiger partial charge on any atom is 0.220 e. The molecule has 0 aromatic rings. The van der Waals surface area contributed by atoms with Crippen LogP contribution in [0.25, 0.3) is 0 Å². The first kappa shape index (κ1) is 21.0. The topological polar surface area (TPSA) is 67.2 Å². The van der Waals surface area contributed by atoms with Gasteiger partial charge in [-0.25, -0.2) is 0 Å². The third-order valence-corrected chi connectivity index (χ3v) is 2.95. The van der Waals surface area contributed by atoms with E-state index in [2.05, 4.69) is 17.6 Å². The van der Waals surface area contributed by atoms with E-state index in [-0.39, 0.29) is 18.3 Å². The SMILES string of the molecule is CCCCCCCCCC(=O)NCCNCCN.Cl. The van der Waals surface area contributed by atoms with E-state index in [1.807, 2.05) is 0 Å². The van der Waals surface area contributed by atoms with Crippen LogP contribution in [0.1, 0.15) is 58.3 Å². The third-order valence-electron chi connectivity index (χ3n) is 2.95. The van der Waals surface area contributed by atoms with Crippen molar-refractivity contribution in [2.45, 2.75) is 58.3 Å². The maximum absolute atomic E-state index is 11.4. The van der Waals surface area contributed by atoms with E-state index < -0.39 is 0 Å². The molecule has 116 valence electrons. The Morgan fingerprint density at radius 3 is 2.21 bits per heavy atom. The fraction of sp³-hybridized carbons (Fsp3) is 0.929. The van der Waals surface area contributed by atoms with Gasteiger partial charge in [-0.15, -0.1) is 12.4 Å². The average Bonchev–Trinajstić information content (AvgIpc) is 2.37. The Morgan fingerprint density at radius 1 is 0.947 bits per heavy atom. The molecule has 0 heterocycles. The minimum atomic E-state index is 0. The van der Waals surface area contributed by atoms with Gasteiger partial charge in [-0.05, 0) is 6.42 Å². The summed E-state index contributed by atoms with van der Waals surface area (Å²) in [6.45, 7) is 5.20. The van der Waals surface area contributed by atoms with Crippen LogP contribution in [0.15, 0.2) is 0 Å². The second kappa shape index (κ2) is 17.7. The summed E-state index contributed by atoms with van der Waals surface area (Å²) in [7, 11) is 0. The highest BCUT2D eigenvalue weighted by Gasteiger charge is 1.99. The number of amides is 1. The summed E-state index contributed by atoms with van der Waals surface area (Å²) in [5.74, 6) is 0.179. The zero-order chi connectivity index (χ0) is 13.5. The van der Waals surface area contributed by atoms with E-state index in [0.717, 1.165) is 19.5 Å². The van der Waals surface area contributed by atoms with Crippen molar-refractivity contribution in [2.75, 3.05) is 26.2 Å². The van der Waals surface area contributed by atoms with Crippen LogP contribution >= 0.6 is 12.4 Å². The van der Waals surface area contributed by atoms with Crippen LogP contribution in [-0.4, -0.2) is 32.1 Å². The lowest BCUT2D eigenvalue weighted by atomic mass is 10.1. The van der Waals surface area contributed by atoms with Gasteiger partial charge < -0.3 is 16.4 Å². The summed E-state index contributed by atoms with van der Waals surface area (Å²) < 4.78 is 0. The smallest absolute Gasteiger partial charge is 0.220 e. The number of hydrogen-bond donors (Lipinski definition) is 3. The molecule has 0 fully saturated rings. The lowest BCUT2D eigenvalue weighted by Gasteiger charge is -2.06. The quantitative estimate of drug-likeness (QED) is 0.456. The largest absolute Gasteiger partial charge is 0.355 e. The molecule has 0 rings (SSSR count). The fourth-order valence-corrected chi connectivity index (χ4v) is 1.85. The molecule has 0 atom stereocenters. The second-order valence-electron chi connectivity index (χ2n) is 4.76. The summed E-state index contributed by atoms with van der Waals surface area (Å²) in [4.78, 5) is 11.4. The van der Waals surface area contributed by atoms with Crippen LogP contribution in [0.3, 0.4) is 0 Å². The predicted octanol–water partition coefficient (Wildman–Crippen LogP) is 2.21. The summed E-state index contributed by atoms with van der Waals surface area (Å²) in [6, 6.07) is 0. The normalized spacial score (nSPS) is 10.0. The molecule has 0 aliphatic rings. The van der Waals surface area contributed by atoms with Gasteiger partial charge in [0.25, 0.3) is 0 Å². The summed E-state index contributed by atoms with van der Waals surface area (Å²) >= 11 is 0. The molecule has 0 aromatic carbocycles. The van der Waals surface area contributed by atoms with Crippen LogP contribution in [0.2, 0.25) is 0 Å². The molecule has 0 spiro atoms. The van der Waals surface area contributed by atoms with Crippen molar-refractivity contribution >= 4 is 18.3 Å². The van der Waals surface area contributed by atoms with Gasteiger partial charge in [0.2, 0.25) is 5.91 Å².